The molecule has 0 bridgehead atoms. The van der Waals surface area contributed by atoms with E-state index in [1.54, 1.807) is 0 Å². The van der Waals surface area contributed by atoms with Gasteiger partial charge >= 0.3 is 25.0 Å². The summed E-state index contributed by atoms with van der Waals surface area (Å²) in [6.45, 7) is 0. The van der Waals surface area contributed by atoms with Crippen LogP contribution in [0.5, 0.6) is 0 Å². The third-order valence-electron chi connectivity index (χ3n) is 0.891. The van der Waals surface area contributed by atoms with Gasteiger partial charge in [-0.25, -0.2) is 4.98 Å². The Morgan fingerprint density at radius 3 is 2.31 bits per heavy atom. The first-order valence-electron chi connectivity index (χ1n) is 2.53. The topological polar surface area (TPSA) is 53.0 Å². The number of halogens is 3. The van der Waals surface area contributed by atoms with Gasteiger partial charge in [-0.1, -0.05) is 0 Å². The first-order chi connectivity index (χ1) is 5.41. The van der Waals surface area contributed by atoms with Crippen LogP contribution in [0.4, 0.5) is 13.2 Å². The summed E-state index contributed by atoms with van der Waals surface area (Å²) in [4.78, 5) is 2.91. The smallest absolute Gasteiger partial charge is 0.768 e. The van der Waals surface area contributed by atoms with Crippen molar-refractivity contribution in [2.24, 2.45) is 0 Å². The number of hydrogen-bond donors (Lipinski definition) is 0. The zero-order valence-corrected chi connectivity index (χ0v) is 7.92. The standard InChI is InChI=1S/C4H2F3NO2S2.Li/c5-4(6,7)3-8-1-2(11-3)12(9)10;/h1H,(H,9,10);/q;+1/p-1. The Morgan fingerprint density at radius 2 is 2.08 bits per heavy atom. The van der Waals surface area contributed by atoms with Gasteiger partial charge in [0.2, 0.25) is 0 Å². The van der Waals surface area contributed by atoms with Crippen molar-refractivity contribution in [3.8, 4) is 0 Å². The van der Waals surface area contributed by atoms with Gasteiger partial charge in [0.25, 0.3) is 0 Å². The van der Waals surface area contributed by atoms with Crippen LogP contribution in [0.15, 0.2) is 10.4 Å². The fourth-order valence-corrected chi connectivity index (χ4v) is 1.63. The minimum absolute atomic E-state index is 0. The molecule has 0 N–H and O–H groups in total. The molecule has 1 aromatic heterocycles. The normalized spacial score (nSPS) is 13.5. The summed E-state index contributed by atoms with van der Waals surface area (Å²) in [5, 5.41) is -1.15. The van der Waals surface area contributed by atoms with E-state index in [1.165, 1.54) is 0 Å². The van der Waals surface area contributed by atoms with E-state index in [2.05, 4.69) is 4.98 Å². The van der Waals surface area contributed by atoms with E-state index in [0.29, 0.717) is 6.20 Å². The predicted molar refractivity (Wildman–Crippen MR) is 34.3 cm³/mol. The number of nitrogens with zero attached hydrogens (tertiary/aromatic N) is 1. The summed E-state index contributed by atoms with van der Waals surface area (Å²) in [5.41, 5.74) is 0. The van der Waals surface area contributed by atoms with Crippen molar-refractivity contribution in [1.29, 1.82) is 0 Å². The van der Waals surface area contributed by atoms with E-state index < -0.39 is 26.5 Å². The predicted octanol–water partition coefficient (Wildman–Crippen LogP) is -1.60. The molecular weight excluding hydrogens is 222 g/mol. The fourth-order valence-electron chi connectivity index (χ4n) is 0.467. The number of hydrogen-bond acceptors (Lipinski definition) is 4. The summed E-state index contributed by atoms with van der Waals surface area (Å²) in [7, 11) is 0. The van der Waals surface area contributed by atoms with Crippen LogP contribution >= 0.6 is 11.3 Å². The first-order valence-corrected chi connectivity index (χ1v) is 4.42. The average molecular weight is 223 g/mol. The van der Waals surface area contributed by atoms with E-state index >= 15 is 0 Å². The summed E-state index contributed by atoms with van der Waals surface area (Å²) >= 11 is -2.54. The van der Waals surface area contributed by atoms with E-state index in [1.807, 2.05) is 0 Å². The number of aromatic nitrogens is 1. The third-order valence-corrected chi connectivity index (χ3v) is 2.82. The second-order valence-corrected chi connectivity index (χ2v) is 3.92. The van der Waals surface area contributed by atoms with Gasteiger partial charge in [0.1, 0.15) is 0 Å². The van der Waals surface area contributed by atoms with Crippen LogP contribution in [0.2, 0.25) is 0 Å². The van der Waals surface area contributed by atoms with Crippen molar-refractivity contribution in [3.05, 3.63) is 11.2 Å². The van der Waals surface area contributed by atoms with Gasteiger partial charge < -0.3 is 4.55 Å². The van der Waals surface area contributed by atoms with Crippen molar-refractivity contribution >= 4 is 22.4 Å². The molecule has 0 saturated heterocycles. The summed E-state index contributed by atoms with van der Waals surface area (Å²) in [6, 6.07) is 0. The van der Waals surface area contributed by atoms with Crippen LogP contribution in [0, 0.1) is 0 Å². The molecule has 13 heavy (non-hydrogen) atoms. The van der Waals surface area contributed by atoms with Gasteiger partial charge in [-0.15, -0.1) is 11.3 Å². The van der Waals surface area contributed by atoms with Gasteiger partial charge in [-0.3, -0.25) is 4.21 Å². The minimum atomic E-state index is -4.57. The Labute approximate surface area is 89.8 Å². The van der Waals surface area contributed by atoms with Crippen LogP contribution in [0.3, 0.4) is 0 Å². The monoisotopic (exact) mass is 223 g/mol. The average Bonchev–Trinajstić information content (AvgIpc) is 2.30. The maximum Gasteiger partial charge on any atom is 1.00 e. The number of rotatable bonds is 1. The quantitative estimate of drug-likeness (QED) is 0.426. The van der Waals surface area contributed by atoms with Gasteiger partial charge in [0.05, 0.1) is 10.4 Å². The molecule has 1 rings (SSSR count). The van der Waals surface area contributed by atoms with Crippen molar-refractivity contribution in [2.75, 3.05) is 0 Å². The van der Waals surface area contributed by atoms with Crippen molar-refractivity contribution in [2.45, 2.75) is 10.4 Å². The molecule has 1 unspecified atom stereocenters. The van der Waals surface area contributed by atoms with E-state index in [-0.39, 0.29) is 30.2 Å². The minimum Gasteiger partial charge on any atom is -0.768 e. The summed E-state index contributed by atoms with van der Waals surface area (Å²) in [6.07, 6.45) is -3.89. The molecule has 1 heterocycles. The van der Waals surface area contributed by atoms with Crippen LogP contribution < -0.4 is 18.9 Å². The maximum absolute atomic E-state index is 11.8. The second kappa shape index (κ2) is 4.57. The van der Waals surface area contributed by atoms with Gasteiger partial charge in [0, 0.05) is 0 Å². The maximum atomic E-state index is 11.8. The van der Waals surface area contributed by atoms with Gasteiger partial charge in [0.15, 0.2) is 5.01 Å². The van der Waals surface area contributed by atoms with Gasteiger partial charge in [-0.2, -0.15) is 13.2 Å². The molecule has 0 aliphatic carbocycles. The molecule has 1 atom stereocenters. The molecule has 0 radical (unpaired) electrons. The second-order valence-electron chi connectivity index (χ2n) is 1.72. The Hall–Kier alpha value is 0.127. The molecule has 0 fully saturated rings. The molecule has 0 amide bonds. The van der Waals surface area contributed by atoms with Crippen molar-refractivity contribution in [3.63, 3.8) is 0 Å². The zero-order valence-electron chi connectivity index (χ0n) is 6.29. The molecule has 68 valence electrons. The Kier molecular flexibility index (Phi) is 4.61. The first kappa shape index (κ1) is 13.1. The molecule has 0 spiro atoms. The van der Waals surface area contributed by atoms with E-state index in [4.69, 9.17) is 0 Å². The molecule has 1 aromatic rings. The van der Waals surface area contributed by atoms with Crippen molar-refractivity contribution < 1.29 is 40.8 Å². The molecular formula is C4HF3LiNO2S2. The molecule has 0 aromatic carbocycles. The number of thiazole rings is 1. The third kappa shape index (κ3) is 3.40. The molecule has 0 aliphatic rings. The van der Waals surface area contributed by atoms with Gasteiger partial charge in [-0.05, 0) is 11.1 Å². The Balaban J connectivity index is 0.00000144. The van der Waals surface area contributed by atoms with E-state index in [0.717, 1.165) is 0 Å². The van der Waals surface area contributed by atoms with Crippen LogP contribution in [-0.2, 0) is 17.3 Å². The fraction of sp³-hybridized carbons (Fsp3) is 0.250. The summed E-state index contributed by atoms with van der Waals surface area (Å²) in [5.74, 6) is 0. The van der Waals surface area contributed by atoms with E-state index in [9.17, 15) is 21.9 Å². The van der Waals surface area contributed by atoms with Crippen LogP contribution in [0.25, 0.3) is 0 Å². The van der Waals surface area contributed by atoms with Crippen molar-refractivity contribution in [1.82, 2.24) is 4.98 Å². The SMILES string of the molecule is O=S([O-])c1cnc(C(F)(F)F)s1.[Li+]. The number of alkyl halides is 3. The largest absolute Gasteiger partial charge is 1.00 e. The molecule has 0 saturated carbocycles. The molecule has 0 aliphatic heterocycles. The zero-order chi connectivity index (χ0) is 9.35. The summed E-state index contributed by atoms with van der Waals surface area (Å²) < 4.78 is 55.3. The van der Waals surface area contributed by atoms with Crippen LogP contribution in [-0.4, -0.2) is 13.7 Å². The van der Waals surface area contributed by atoms with Crippen LogP contribution in [0.1, 0.15) is 5.01 Å². The Morgan fingerprint density at radius 1 is 1.54 bits per heavy atom. The Bertz CT molecular complexity index is 313. The molecule has 9 heteroatoms. The molecule has 3 nitrogen and oxygen atoms in total.